The van der Waals surface area contributed by atoms with Crippen LogP contribution in [0.15, 0.2) is 23.1 Å². The van der Waals surface area contributed by atoms with Crippen molar-refractivity contribution in [2.75, 3.05) is 13.1 Å². The maximum Gasteiger partial charge on any atom is 0.253 e. The third-order valence-electron chi connectivity index (χ3n) is 2.95. The molecule has 96 valence electrons. The number of nitrogens with one attached hydrogen (secondary N) is 1. The molecule has 17 heavy (non-hydrogen) atoms. The largest absolute Gasteiger partial charge is 0.315 e. The fourth-order valence-electron chi connectivity index (χ4n) is 1.83. The molecule has 0 aromatic carbocycles. The first-order valence-corrected chi connectivity index (χ1v) is 6.62. The Hall–Kier alpha value is -1.09. The van der Waals surface area contributed by atoms with Gasteiger partial charge in [-0.2, -0.15) is 0 Å². The van der Waals surface area contributed by atoms with Gasteiger partial charge in [0.15, 0.2) is 0 Å². The molecule has 3 nitrogen and oxygen atoms in total. The Kier molecular flexibility index (Phi) is 6.63. The van der Waals surface area contributed by atoms with Gasteiger partial charge in [0.1, 0.15) is 0 Å². The van der Waals surface area contributed by atoms with E-state index in [0.717, 1.165) is 25.2 Å². The highest BCUT2D eigenvalue weighted by molar-refractivity contribution is 5.07. The molecule has 3 heteroatoms. The summed E-state index contributed by atoms with van der Waals surface area (Å²) in [4.78, 5) is 11.7. The van der Waals surface area contributed by atoms with Crippen molar-refractivity contribution in [3.8, 4) is 0 Å². The predicted octanol–water partition coefficient (Wildman–Crippen LogP) is 2.33. The van der Waals surface area contributed by atoms with Crippen molar-refractivity contribution in [1.29, 1.82) is 0 Å². The minimum Gasteiger partial charge on any atom is -0.315 e. The standard InChI is InChI=1S/C14H24N2O/c1-3-4-5-6-9-15-10-12-16-11-7-8-13(2)14(16)17/h7-8,11,15H,3-6,9-10,12H2,1-2H3. The zero-order valence-corrected chi connectivity index (χ0v) is 11.0. The first-order valence-electron chi connectivity index (χ1n) is 6.62. The fourth-order valence-corrected chi connectivity index (χ4v) is 1.83. The molecule has 0 atom stereocenters. The summed E-state index contributed by atoms with van der Waals surface area (Å²) < 4.78 is 1.77. The van der Waals surface area contributed by atoms with Crippen LogP contribution in [0.2, 0.25) is 0 Å². The summed E-state index contributed by atoms with van der Waals surface area (Å²) in [6, 6.07) is 3.79. The van der Waals surface area contributed by atoms with Crippen molar-refractivity contribution in [1.82, 2.24) is 9.88 Å². The van der Waals surface area contributed by atoms with Crippen LogP contribution < -0.4 is 10.9 Å². The number of unbranched alkanes of at least 4 members (excludes halogenated alkanes) is 3. The number of pyridine rings is 1. The molecule has 1 aromatic heterocycles. The molecule has 1 heterocycles. The van der Waals surface area contributed by atoms with Crippen LogP contribution >= 0.6 is 0 Å². The monoisotopic (exact) mass is 236 g/mol. The Labute approximate surface area is 104 Å². The van der Waals surface area contributed by atoms with E-state index < -0.39 is 0 Å². The minimum absolute atomic E-state index is 0.125. The summed E-state index contributed by atoms with van der Waals surface area (Å²) in [5.41, 5.74) is 0.940. The normalized spacial score (nSPS) is 10.7. The summed E-state index contributed by atoms with van der Waals surface area (Å²) >= 11 is 0. The van der Waals surface area contributed by atoms with Crippen LogP contribution in [-0.4, -0.2) is 17.7 Å². The van der Waals surface area contributed by atoms with Gasteiger partial charge >= 0.3 is 0 Å². The molecule has 0 fully saturated rings. The SMILES string of the molecule is CCCCCCNCCn1cccc(C)c1=O. The van der Waals surface area contributed by atoms with Crippen LogP contribution in [0, 0.1) is 6.92 Å². The second-order valence-electron chi connectivity index (χ2n) is 4.50. The van der Waals surface area contributed by atoms with Crippen LogP contribution in [0.1, 0.15) is 38.2 Å². The van der Waals surface area contributed by atoms with Crippen LogP contribution in [-0.2, 0) is 6.54 Å². The molecule has 0 spiro atoms. The number of rotatable bonds is 8. The summed E-state index contributed by atoms with van der Waals surface area (Å²) in [6.07, 6.45) is 6.98. The molecule has 0 saturated carbocycles. The minimum atomic E-state index is 0.125. The second kappa shape index (κ2) is 8.07. The molecule has 1 aromatic rings. The highest BCUT2D eigenvalue weighted by atomic mass is 16.1. The van der Waals surface area contributed by atoms with Gasteiger partial charge in [-0.3, -0.25) is 4.79 Å². The highest BCUT2D eigenvalue weighted by Crippen LogP contribution is 1.96. The van der Waals surface area contributed by atoms with Gasteiger partial charge in [0.2, 0.25) is 0 Å². The number of aromatic nitrogens is 1. The molecule has 0 aliphatic carbocycles. The Morgan fingerprint density at radius 2 is 2.06 bits per heavy atom. The lowest BCUT2D eigenvalue weighted by molar-refractivity contribution is 0.553. The Morgan fingerprint density at radius 3 is 2.82 bits per heavy atom. The average Bonchev–Trinajstić information content (AvgIpc) is 2.33. The summed E-state index contributed by atoms with van der Waals surface area (Å²) in [7, 11) is 0. The molecule has 0 aliphatic rings. The van der Waals surface area contributed by atoms with Gasteiger partial charge in [0.05, 0.1) is 0 Å². The summed E-state index contributed by atoms with van der Waals surface area (Å²) in [6.45, 7) is 6.76. The summed E-state index contributed by atoms with van der Waals surface area (Å²) in [5, 5.41) is 3.38. The van der Waals surface area contributed by atoms with Gasteiger partial charge in [-0.05, 0) is 26.0 Å². The van der Waals surface area contributed by atoms with Gasteiger partial charge in [0, 0.05) is 24.8 Å². The molecular formula is C14H24N2O. The van der Waals surface area contributed by atoms with Gasteiger partial charge in [-0.15, -0.1) is 0 Å². The molecule has 0 aliphatic heterocycles. The maximum atomic E-state index is 11.7. The van der Waals surface area contributed by atoms with E-state index in [1.807, 2.05) is 25.3 Å². The molecule has 1 rings (SSSR count). The van der Waals surface area contributed by atoms with Gasteiger partial charge in [-0.1, -0.05) is 32.3 Å². The molecule has 0 amide bonds. The zero-order valence-electron chi connectivity index (χ0n) is 11.0. The van der Waals surface area contributed by atoms with Crippen LogP contribution in [0.5, 0.6) is 0 Å². The van der Waals surface area contributed by atoms with Crippen LogP contribution in [0.25, 0.3) is 0 Å². The van der Waals surface area contributed by atoms with E-state index in [1.165, 1.54) is 25.7 Å². The lowest BCUT2D eigenvalue weighted by Crippen LogP contribution is -2.28. The van der Waals surface area contributed by atoms with Gasteiger partial charge < -0.3 is 9.88 Å². The molecule has 0 bridgehead atoms. The number of hydrogen-bond acceptors (Lipinski definition) is 2. The van der Waals surface area contributed by atoms with Crippen molar-refractivity contribution < 1.29 is 0 Å². The lowest BCUT2D eigenvalue weighted by atomic mass is 10.2. The molecule has 0 unspecified atom stereocenters. The quantitative estimate of drug-likeness (QED) is 0.703. The Morgan fingerprint density at radius 1 is 1.24 bits per heavy atom. The van der Waals surface area contributed by atoms with Gasteiger partial charge in [0.25, 0.3) is 5.56 Å². The number of hydrogen-bond donors (Lipinski definition) is 1. The Bertz CT molecular complexity index is 371. The van der Waals surface area contributed by atoms with Crippen molar-refractivity contribution in [3.63, 3.8) is 0 Å². The molecule has 0 radical (unpaired) electrons. The topological polar surface area (TPSA) is 34.0 Å². The third-order valence-corrected chi connectivity index (χ3v) is 2.95. The van der Waals surface area contributed by atoms with E-state index in [9.17, 15) is 4.79 Å². The van der Waals surface area contributed by atoms with E-state index in [1.54, 1.807) is 4.57 Å². The smallest absolute Gasteiger partial charge is 0.253 e. The maximum absolute atomic E-state index is 11.7. The summed E-state index contributed by atoms with van der Waals surface area (Å²) in [5.74, 6) is 0. The number of aryl methyl sites for hydroxylation is 1. The van der Waals surface area contributed by atoms with E-state index in [-0.39, 0.29) is 5.56 Å². The van der Waals surface area contributed by atoms with E-state index >= 15 is 0 Å². The van der Waals surface area contributed by atoms with Crippen molar-refractivity contribution in [2.45, 2.75) is 46.1 Å². The van der Waals surface area contributed by atoms with Crippen molar-refractivity contribution in [2.24, 2.45) is 0 Å². The predicted molar refractivity (Wildman–Crippen MR) is 72.5 cm³/mol. The third kappa shape index (κ3) is 5.18. The van der Waals surface area contributed by atoms with Crippen molar-refractivity contribution in [3.05, 3.63) is 34.2 Å². The molecule has 1 N–H and O–H groups in total. The molecular weight excluding hydrogens is 212 g/mol. The second-order valence-corrected chi connectivity index (χ2v) is 4.50. The van der Waals surface area contributed by atoms with E-state index in [2.05, 4.69) is 12.2 Å². The first kappa shape index (κ1) is 14.0. The van der Waals surface area contributed by atoms with Crippen LogP contribution in [0.3, 0.4) is 0 Å². The number of nitrogens with zero attached hydrogens (tertiary/aromatic N) is 1. The first-order chi connectivity index (χ1) is 8.25. The fraction of sp³-hybridized carbons (Fsp3) is 0.643. The average molecular weight is 236 g/mol. The van der Waals surface area contributed by atoms with Gasteiger partial charge in [-0.25, -0.2) is 0 Å². The lowest BCUT2D eigenvalue weighted by Gasteiger charge is -2.07. The van der Waals surface area contributed by atoms with Crippen molar-refractivity contribution >= 4 is 0 Å². The van der Waals surface area contributed by atoms with E-state index in [0.29, 0.717) is 0 Å². The molecule has 0 saturated heterocycles. The zero-order chi connectivity index (χ0) is 12.5. The van der Waals surface area contributed by atoms with Crippen LogP contribution in [0.4, 0.5) is 0 Å². The highest BCUT2D eigenvalue weighted by Gasteiger charge is 1.97. The van der Waals surface area contributed by atoms with E-state index in [4.69, 9.17) is 0 Å². The Balaban J connectivity index is 2.18.